The standard InChI is InChI=1S/C17H15F2NO3S/c18-15(19)8-4-5-9-16(21)23-20-17(22)14-10-13(11-24-14)12-6-2-1-3-7-12/h1-3,6-8,10-11H,4-5,9H2,(H,20,22). The fraction of sp³-hybridized carbons (Fsp3) is 0.176. The van der Waals surface area contributed by atoms with Crippen LogP contribution in [0.15, 0.2) is 53.9 Å². The summed E-state index contributed by atoms with van der Waals surface area (Å²) >= 11 is 1.23. The van der Waals surface area contributed by atoms with Gasteiger partial charge in [0.25, 0.3) is 12.0 Å². The lowest BCUT2D eigenvalue weighted by atomic mass is 10.1. The molecule has 0 aliphatic carbocycles. The smallest absolute Gasteiger partial charge is 0.332 e. The quantitative estimate of drug-likeness (QED) is 0.613. The molecule has 2 aromatic rings. The van der Waals surface area contributed by atoms with E-state index in [2.05, 4.69) is 10.3 Å². The highest BCUT2D eigenvalue weighted by Gasteiger charge is 2.12. The van der Waals surface area contributed by atoms with Gasteiger partial charge in [-0.15, -0.1) is 11.3 Å². The molecule has 24 heavy (non-hydrogen) atoms. The molecule has 126 valence electrons. The SMILES string of the molecule is O=C(CCCC=C(F)F)ONC(=O)c1cc(-c2ccccc2)cs1. The number of benzene rings is 1. The Hall–Kier alpha value is -2.54. The Kier molecular flexibility index (Phi) is 6.62. The minimum absolute atomic E-state index is 0.0518. The number of hydrogen-bond donors (Lipinski definition) is 1. The summed E-state index contributed by atoms with van der Waals surface area (Å²) < 4.78 is 23.6. The lowest BCUT2D eigenvalue weighted by Gasteiger charge is -2.03. The van der Waals surface area contributed by atoms with Crippen LogP contribution in [-0.2, 0) is 9.63 Å². The monoisotopic (exact) mass is 351 g/mol. The Morgan fingerprint density at radius 3 is 2.62 bits per heavy atom. The molecule has 0 atom stereocenters. The first kappa shape index (κ1) is 17.8. The van der Waals surface area contributed by atoms with E-state index in [1.807, 2.05) is 35.7 Å². The molecule has 4 nitrogen and oxygen atoms in total. The van der Waals surface area contributed by atoms with Gasteiger partial charge in [0.15, 0.2) is 0 Å². The average molecular weight is 351 g/mol. The summed E-state index contributed by atoms with van der Waals surface area (Å²) in [5.41, 5.74) is 3.96. The molecule has 1 amide bonds. The molecule has 0 unspecified atom stereocenters. The molecule has 0 radical (unpaired) electrons. The Bertz CT molecular complexity index is 724. The van der Waals surface area contributed by atoms with Crippen molar-refractivity contribution in [2.75, 3.05) is 0 Å². The molecule has 1 aromatic heterocycles. The predicted molar refractivity (Wildman–Crippen MR) is 87.5 cm³/mol. The number of hydroxylamine groups is 1. The molecule has 0 saturated heterocycles. The van der Waals surface area contributed by atoms with Crippen LogP contribution in [0.2, 0.25) is 0 Å². The summed E-state index contributed by atoms with van der Waals surface area (Å²) in [6, 6.07) is 11.3. The van der Waals surface area contributed by atoms with Gasteiger partial charge in [-0.2, -0.15) is 14.3 Å². The van der Waals surface area contributed by atoms with E-state index in [-0.39, 0.29) is 19.3 Å². The maximum atomic E-state index is 11.9. The maximum absolute atomic E-state index is 11.9. The second kappa shape index (κ2) is 8.93. The highest BCUT2D eigenvalue weighted by molar-refractivity contribution is 7.12. The number of unbranched alkanes of at least 4 members (excludes halogenated alkanes) is 1. The molecule has 0 aliphatic rings. The third-order valence-electron chi connectivity index (χ3n) is 3.07. The van der Waals surface area contributed by atoms with Gasteiger partial charge in [-0.25, -0.2) is 4.79 Å². The number of nitrogens with one attached hydrogen (secondary N) is 1. The Morgan fingerprint density at radius 2 is 1.92 bits per heavy atom. The first-order chi connectivity index (χ1) is 11.6. The number of carbonyl (C=O) groups is 2. The van der Waals surface area contributed by atoms with Gasteiger partial charge in [0, 0.05) is 6.42 Å². The summed E-state index contributed by atoms with van der Waals surface area (Å²) in [5.74, 6) is -1.19. The Balaban J connectivity index is 1.80. The first-order valence-electron chi connectivity index (χ1n) is 7.21. The fourth-order valence-electron chi connectivity index (χ4n) is 1.90. The number of halogens is 2. The highest BCUT2D eigenvalue weighted by atomic mass is 32.1. The number of rotatable bonds is 6. The molecule has 2 rings (SSSR count). The van der Waals surface area contributed by atoms with E-state index >= 15 is 0 Å². The lowest BCUT2D eigenvalue weighted by molar-refractivity contribution is -0.149. The van der Waals surface area contributed by atoms with E-state index in [1.165, 1.54) is 11.3 Å². The van der Waals surface area contributed by atoms with E-state index in [0.29, 0.717) is 4.88 Å². The minimum Gasteiger partial charge on any atom is -0.341 e. The van der Waals surface area contributed by atoms with Crippen LogP contribution in [0.5, 0.6) is 0 Å². The summed E-state index contributed by atoms with van der Waals surface area (Å²) in [5, 5.41) is 1.84. The van der Waals surface area contributed by atoms with E-state index in [9.17, 15) is 18.4 Å². The molecule has 0 saturated carbocycles. The molecule has 1 aromatic carbocycles. The van der Waals surface area contributed by atoms with Crippen molar-refractivity contribution >= 4 is 23.2 Å². The molecule has 1 N–H and O–H groups in total. The van der Waals surface area contributed by atoms with Gasteiger partial charge in [-0.1, -0.05) is 30.3 Å². The van der Waals surface area contributed by atoms with Crippen LogP contribution >= 0.6 is 11.3 Å². The molecular formula is C17H15F2NO3S. The lowest BCUT2D eigenvalue weighted by Crippen LogP contribution is -2.26. The van der Waals surface area contributed by atoms with Crippen molar-refractivity contribution in [1.82, 2.24) is 5.48 Å². The number of carbonyl (C=O) groups excluding carboxylic acids is 2. The minimum atomic E-state index is -1.77. The fourth-order valence-corrected chi connectivity index (χ4v) is 2.70. The normalized spacial score (nSPS) is 10.1. The number of hydrogen-bond acceptors (Lipinski definition) is 4. The van der Waals surface area contributed by atoms with Crippen molar-refractivity contribution in [2.45, 2.75) is 19.3 Å². The average Bonchev–Trinajstić information content (AvgIpc) is 3.07. The van der Waals surface area contributed by atoms with Gasteiger partial charge in [0.2, 0.25) is 0 Å². The molecule has 0 spiro atoms. The molecule has 7 heteroatoms. The summed E-state index contributed by atoms with van der Waals surface area (Å²) in [6.07, 6.45) is -0.782. The van der Waals surface area contributed by atoms with Crippen LogP contribution in [0, 0.1) is 0 Å². The second-order valence-electron chi connectivity index (χ2n) is 4.86. The summed E-state index contributed by atoms with van der Waals surface area (Å²) in [7, 11) is 0. The molecule has 0 bridgehead atoms. The molecular weight excluding hydrogens is 336 g/mol. The molecule has 0 fully saturated rings. The van der Waals surface area contributed by atoms with Crippen molar-refractivity contribution < 1.29 is 23.2 Å². The number of allylic oxidation sites excluding steroid dienone is 1. The Morgan fingerprint density at radius 1 is 1.17 bits per heavy atom. The van der Waals surface area contributed by atoms with Gasteiger partial charge in [0.05, 0.1) is 4.88 Å². The van der Waals surface area contributed by atoms with Crippen molar-refractivity contribution in [2.24, 2.45) is 0 Å². The van der Waals surface area contributed by atoms with Crippen molar-refractivity contribution in [3.8, 4) is 11.1 Å². The van der Waals surface area contributed by atoms with Crippen molar-refractivity contribution in [1.29, 1.82) is 0 Å². The van der Waals surface area contributed by atoms with Crippen LogP contribution in [-0.4, -0.2) is 11.9 Å². The highest BCUT2D eigenvalue weighted by Crippen LogP contribution is 2.25. The van der Waals surface area contributed by atoms with Crippen LogP contribution in [0.4, 0.5) is 8.78 Å². The third-order valence-corrected chi connectivity index (χ3v) is 4.00. The zero-order chi connectivity index (χ0) is 17.4. The van der Waals surface area contributed by atoms with Crippen LogP contribution in [0.25, 0.3) is 11.1 Å². The number of amides is 1. The van der Waals surface area contributed by atoms with Gasteiger partial charge >= 0.3 is 5.97 Å². The van der Waals surface area contributed by atoms with E-state index in [1.54, 1.807) is 6.07 Å². The van der Waals surface area contributed by atoms with E-state index < -0.39 is 18.0 Å². The summed E-state index contributed by atoms with van der Waals surface area (Å²) in [4.78, 5) is 28.4. The number of thiophene rings is 1. The second-order valence-corrected chi connectivity index (χ2v) is 5.77. The largest absolute Gasteiger partial charge is 0.341 e. The van der Waals surface area contributed by atoms with Gasteiger partial charge in [-0.3, -0.25) is 4.79 Å². The van der Waals surface area contributed by atoms with E-state index in [0.717, 1.165) is 17.2 Å². The first-order valence-corrected chi connectivity index (χ1v) is 8.09. The van der Waals surface area contributed by atoms with Gasteiger partial charge in [-0.05, 0) is 41.5 Å². The van der Waals surface area contributed by atoms with Crippen LogP contribution < -0.4 is 5.48 Å². The van der Waals surface area contributed by atoms with E-state index in [4.69, 9.17) is 0 Å². The molecule has 1 heterocycles. The molecule has 0 aliphatic heterocycles. The van der Waals surface area contributed by atoms with Crippen LogP contribution in [0.3, 0.4) is 0 Å². The Labute approximate surface area is 141 Å². The zero-order valence-electron chi connectivity index (χ0n) is 12.6. The van der Waals surface area contributed by atoms with Crippen LogP contribution in [0.1, 0.15) is 28.9 Å². The zero-order valence-corrected chi connectivity index (χ0v) is 13.4. The van der Waals surface area contributed by atoms with Gasteiger partial charge in [0.1, 0.15) is 0 Å². The topological polar surface area (TPSA) is 55.4 Å². The summed E-state index contributed by atoms with van der Waals surface area (Å²) in [6.45, 7) is 0. The van der Waals surface area contributed by atoms with Crippen molar-refractivity contribution in [3.63, 3.8) is 0 Å². The third kappa shape index (κ3) is 5.58. The van der Waals surface area contributed by atoms with Crippen molar-refractivity contribution in [3.05, 3.63) is 58.8 Å². The maximum Gasteiger partial charge on any atom is 0.332 e. The predicted octanol–water partition coefficient (Wildman–Crippen LogP) is 4.55. The van der Waals surface area contributed by atoms with Gasteiger partial charge < -0.3 is 4.84 Å².